The third-order valence-electron chi connectivity index (χ3n) is 5.36. The van der Waals surface area contributed by atoms with E-state index in [2.05, 4.69) is 15.2 Å². The van der Waals surface area contributed by atoms with Gasteiger partial charge in [0.25, 0.3) is 22.3 Å². The number of sulfonamides is 1. The van der Waals surface area contributed by atoms with E-state index in [4.69, 9.17) is 15.2 Å². The number of hydrogen-bond acceptors (Lipinski definition) is 8. The summed E-state index contributed by atoms with van der Waals surface area (Å²) in [6, 6.07) is 3.69. The van der Waals surface area contributed by atoms with Crippen LogP contribution in [-0.2, 0) is 21.3 Å². The minimum atomic E-state index is -4.84. The molecule has 38 heavy (non-hydrogen) atoms. The number of nitrogens with two attached hydrogens (primary N) is 1. The monoisotopic (exact) mass is 571 g/mol. The predicted octanol–water partition coefficient (Wildman–Crippen LogP) is 3.35. The van der Waals surface area contributed by atoms with E-state index in [-0.39, 0.29) is 36.8 Å². The topological polar surface area (TPSA) is 138 Å². The molecule has 0 radical (unpaired) electrons. The van der Waals surface area contributed by atoms with Crippen LogP contribution in [0.4, 0.5) is 38.1 Å². The Morgan fingerprint density at radius 1 is 1.32 bits per heavy atom. The Morgan fingerprint density at radius 2 is 2.00 bits per heavy atom. The second-order valence-electron chi connectivity index (χ2n) is 8.57. The summed E-state index contributed by atoms with van der Waals surface area (Å²) in [6.45, 7) is 1.68. The molecule has 3 rings (SSSR count). The molecular formula is C21H26F5N5O6S. The summed E-state index contributed by atoms with van der Waals surface area (Å²) in [5.74, 6) is -0.514. The molecule has 0 spiro atoms. The van der Waals surface area contributed by atoms with Gasteiger partial charge in [0, 0.05) is 25.0 Å². The van der Waals surface area contributed by atoms with Gasteiger partial charge in [-0.1, -0.05) is 0 Å². The first-order valence-electron chi connectivity index (χ1n) is 11.2. The molecule has 0 fully saturated rings. The zero-order valence-electron chi connectivity index (χ0n) is 20.5. The molecule has 1 aliphatic rings. The Balaban J connectivity index is 1.99. The number of hydrogen-bond donors (Lipinski definition) is 2. The molecule has 1 aromatic carbocycles. The number of aryl methyl sites for hydroxylation is 1. The minimum absolute atomic E-state index is 0.0303. The molecule has 2 heterocycles. The van der Waals surface area contributed by atoms with Crippen molar-refractivity contribution < 1.29 is 49.4 Å². The molecule has 1 atom stereocenters. The molecule has 0 saturated carbocycles. The van der Waals surface area contributed by atoms with Crippen LogP contribution in [0.3, 0.4) is 0 Å². The lowest BCUT2D eigenvalue weighted by molar-refractivity contribution is -0.242. The Bertz CT molecular complexity index is 1270. The van der Waals surface area contributed by atoms with E-state index in [1.807, 2.05) is 0 Å². The van der Waals surface area contributed by atoms with Crippen molar-refractivity contribution in [3.05, 3.63) is 24.4 Å². The summed E-state index contributed by atoms with van der Waals surface area (Å²) < 4.78 is 109. The summed E-state index contributed by atoms with van der Waals surface area (Å²) in [5, 5.41) is 6.03. The molecule has 0 aliphatic carbocycles. The lowest BCUT2D eigenvalue weighted by Gasteiger charge is -2.35. The highest BCUT2D eigenvalue weighted by molar-refractivity contribution is 7.93. The molecule has 0 bridgehead atoms. The third kappa shape index (κ3) is 6.20. The van der Waals surface area contributed by atoms with E-state index in [0.29, 0.717) is 13.8 Å². The fraction of sp³-hybridized carbons (Fsp3) is 0.524. The minimum Gasteiger partial charge on any atom is -0.485 e. The van der Waals surface area contributed by atoms with Crippen molar-refractivity contribution in [1.82, 2.24) is 9.78 Å². The van der Waals surface area contributed by atoms with Crippen LogP contribution in [0, 0.1) is 0 Å². The number of aromatic nitrogens is 2. The maximum atomic E-state index is 13.7. The molecule has 2 aromatic rings. The molecule has 0 saturated heterocycles. The van der Waals surface area contributed by atoms with E-state index in [9.17, 15) is 35.2 Å². The number of benzene rings is 1. The van der Waals surface area contributed by atoms with E-state index < -0.39 is 57.8 Å². The molecule has 212 valence electrons. The summed E-state index contributed by atoms with van der Waals surface area (Å²) in [6.07, 6.45) is -8.87. The van der Waals surface area contributed by atoms with Gasteiger partial charge in [0.1, 0.15) is 11.9 Å². The number of amides is 1. The number of ether oxygens (including phenoxy) is 3. The highest BCUT2D eigenvalue weighted by Gasteiger charge is 2.51. The third-order valence-corrected chi connectivity index (χ3v) is 7.13. The van der Waals surface area contributed by atoms with Crippen molar-refractivity contribution in [3.63, 3.8) is 0 Å². The molecule has 1 aromatic heterocycles. The zero-order chi connectivity index (χ0) is 28.5. The molecule has 3 N–H and O–H groups in total. The first-order chi connectivity index (χ1) is 17.6. The molecule has 1 amide bonds. The maximum Gasteiger partial charge on any atom is 0.427 e. The number of carbonyl (C=O) groups is 1. The van der Waals surface area contributed by atoms with E-state index in [1.165, 1.54) is 16.8 Å². The van der Waals surface area contributed by atoms with Crippen LogP contribution in [0.5, 0.6) is 11.6 Å². The van der Waals surface area contributed by atoms with E-state index in [1.54, 1.807) is 6.92 Å². The number of nitrogens with zero attached hydrogens (tertiary/aromatic N) is 3. The van der Waals surface area contributed by atoms with Crippen LogP contribution < -0.4 is 24.8 Å². The zero-order valence-corrected chi connectivity index (χ0v) is 21.3. The van der Waals surface area contributed by atoms with Gasteiger partial charge >= 0.3 is 12.3 Å². The number of halogens is 5. The van der Waals surface area contributed by atoms with Crippen molar-refractivity contribution in [3.8, 4) is 11.6 Å². The lowest BCUT2D eigenvalue weighted by Crippen LogP contribution is -2.46. The highest BCUT2D eigenvalue weighted by Crippen LogP contribution is 2.40. The Labute approximate surface area is 214 Å². The standard InChI is InChI=1S/C21H26F5N5O6S/c1-4-30-10-16(18(29-30)35-11-17(22)23)38(33,34)31-9-13(8-27)36-15-6-5-12(7-14(15)31)28-19(32)37-20(2,3)21(24,25)26/h5-7,10,13,17H,4,8-9,11,27H2,1-3H3,(H,28,32). The number of nitrogens with one attached hydrogen (secondary N) is 1. The Morgan fingerprint density at radius 3 is 2.58 bits per heavy atom. The van der Waals surface area contributed by atoms with Gasteiger partial charge in [0.15, 0.2) is 11.5 Å². The highest BCUT2D eigenvalue weighted by atomic mass is 32.2. The number of alkyl halides is 5. The van der Waals surface area contributed by atoms with Crippen molar-refractivity contribution in [2.75, 3.05) is 29.3 Å². The van der Waals surface area contributed by atoms with Gasteiger partial charge in [-0.2, -0.15) is 13.2 Å². The Kier molecular flexibility index (Phi) is 8.30. The molecule has 11 nitrogen and oxygen atoms in total. The largest absolute Gasteiger partial charge is 0.485 e. The normalized spacial score (nSPS) is 16.2. The summed E-state index contributed by atoms with van der Waals surface area (Å²) in [5.41, 5.74) is 2.68. The average molecular weight is 572 g/mol. The van der Waals surface area contributed by atoms with Gasteiger partial charge < -0.3 is 19.9 Å². The Hall–Kier alpha value is -3.34. The fourth-order valence-electron chi connectivity index (χ4n) is 3.26. The van der Waals surface area contributed by atoms with E-state index >= 15 is 0 Å². The lowest BCUT2D eigenvalue weighted by atomic mass is 10.1. The van der Waals surface area contributed by atoms with Crippen molar-refractivity contribution in [2.45, 2.75) is 56.5 Å². The quantitative estimate of drug-likeness (QED) is 0.437. The first-order valence-corrected chi connectivity index (χ1v) is 12.6. The number of fused-ring (bicyclic) bond motifs is 1. The molecule has 1 aliphatic heterocycles. The molecule has 17 heteroatoms. The van der Waals surface area contributed by atoms with Gasteiger partial charge in [-0.3, -0.25) is 14.3 Å². The smallest absolute Gasteiger partial charge is 0.427 e. The fourth-order valence-corrected chi connectivity index (χ4v) is 4.83. The SMILES string of the molecule is CCn1cc(S(=O)(=O)N2CC(CN)Oc3ccc(NC(=O)OC(C)(C)C(F)(F)F)cc32)c(OCC(F)F)n1. The average Bonchev–Trinajstić information content (AvgIpc) is 3.25. The second kappa shape index (κ2) is 10.8. The van der Waals surface area contributed by atoms with E-state index in [0.717, 1.165) is 16.6 Å². The van der Waals surface area contributed by atoms with Gasteiger partial charge in [-0.25, -0.2) is 22.0 Å². The maximum absolute atomic E-state index is 13.7. The predicted molar refractivity (Wildman–Crippen MR) is 124 cm³/mol. The molecule has 1 unspecified atom stereocenters. The van der Waals surface area contributed by atoms with Crippen molar-refractivity contribution >= 4 is 27.5 Å². The summed E-state index contributed by atoms with van der Waals surface area (Å²) in [4.78, 5) is 11.6. The van der Waals surface area contributed by atoms with Crippen LogP contribution in [-0.4, -0.2) is 68.3 Å². The van der Waals surface area contributed by atoms with Crippen LogP contribution in [0.15, 0.2) is 29.3 Å². The second-order valence-corrected chi connectivity index (χ2v) is 10.4. The first kappa shape index (κ1) is 29.2. The van der Waals surface area contributed by atoms with Crippen molar-refractivity contribution in [1.29, 1.82) is 0 Å². The van der Waals surface area contributed by atoms with Gasteiger partial charge in [0.2, 0.25) is 5.60 Å². The van der Waals surface area contributed by atoms with Crippen molar-refractivity contribution in [2.24, 2.45) is 5.73 Å². The van der Waals surface area contributed by atoms with Crippen LogP contribution in [0.2, 0.25) is 0 Å². The van der Waals surface area contributed by atoms with Crippen LogP contribution in [0.1, 0.15) is 20.8 Å². The van der Waals surface area contributed by atoms with Crippen LogP contribution in [0.25, 0.3) is 0 Å². The van der Waals surface area contributed by atoms with Gasteiger partial charge in [0.05, 0.1) is 12.2 Å². The number of anilines is 2. The summed E-state index contributed by atoms with van der Waals surface area (Å²) >= 11 is 0. The summed E-state index contributed by atoms with van der Waals surface area (Å²) in [7, 11) is -4.53. The molecular weight excluding hydrogens is 545 g/mol. The van der Waals surface area contributed by atoms with Crippen LogP contribution >= 0.6 is 0 Å². The van der Waals surface area contributed by atoms with Gasteiger partial charge in [-0.15, -0.1) is 5.10 Å². The van der Waals surface area contributed by atoms with Gasteiger partial charge in [-0.05, 0) is 39.0 Å². The number of rotatable bonds is 9. The number of carbonyl (C=O) groups excluding carboxylic acids is 1.